The summed E-state index contributed by atoms with van der Waals surface area (Å²) >= 11 is 0. The monoisotopic (exact) mass is 636 g/mol. The zero-order valence-corrected chi connectivity index (χ0v) is 27.4. The summed E-state index contributed by atoms with van der Waals surface area (Å²) in [7, 11) is 0. The third-order valence-electron chi connectivity index (χ3n) is 10.5. The van der Waals surface area contributed by atoms with E-state index in [0.717, 1.165) is 21.9 Å². The molecule has 1 aromatic heterocycles. The number of hydrogen-bond acceptors (Lipinski definition) is 1. The highest BCUT2D eigenvalue weighted by molar-refractivity contribution is 6.12. The first kappa shape index (κ1) is 28.6. The number of furan rings is 1. The van der Waals surface area contributed by atoms with E-state index in [2.05, 4.69) is 194 Å². The molecule has 0 fully saturated rings. The quantitative estimate of drug-likeness (QED) is 0.183. The molecule has 10 rings (SSSR count). The first-order chi connectivity index (χ1) is 24.8. The zero-order valence-electron chi connectivity index (χ0n) is 27.4. The minimum atomic E-state index is -0.562. The second-order valence-corrected chi connectivity index (χ2v) is 13.2. The van der Waals surface area contributed by atoms with Crippen LogP contribution in [-0.4, -0.2) is 0 Å². The first-order valence-electron chi connectivity index (χ1n) is 17.3. The van der Waals surface area contributed by atoms with E-state index in [9.17, 15) is 0 Å². The lowest BCUT2D eigenvalue weighted by atomic mass is 9.66. The van der Waals surface area contributed by atoms with Crippen LogP contribution in [0.5, 0.6) is 0 Å². The molecule has 7 aromatic carbocycles. The number of hydrogen-bond donors (Lipinski definition) is 0. The van der Waals surface area contributed by atoms with Gasteiger partial charge in [0.15, 0.2) is 0 Å². The Morgan fingerprint density at radius 1 is 0.420 bits per heavy atom. The van der Waals surface area contributed by atoms with Gasteiger partial charge >= 0.3 is 0 Å². The topological polar surface area (TPSA) is 13.1 Å². The number of fused-ring (bicyclic) bond motifs is 6. The molecule has 2 aliphatic rings. The molecule has 0 bridgehead atoms. The molecule has 0 saturated carbocycles. The van der Waals surface area contributed by atoms with Gasteiger partial charge in [0.2, 0.25) is 0 Å². The molecule has 0 N–H and O–H groups in total. The Balaban J connectivity index is 1.37. The predicted molar refractivity (Wildman–Crippen MR) is 208 cm³/mol. The van der Waals surface area contributed by atoms with Crippen LogP contribution in [0, 0.1) is 0 Å². The van der Waals surface area contributed by atoms with Gasteiger partial charge in [0.05, 0.1) is 5.41 Å². The molecule has 1 heteroatoms. The van der Waals surface area contributed by atoms with Crippen molar-refractivity contribution in [3.63, 3.8) is 0 Å². The van der Waals surface area contributed by atoms with Gasteiger partial charge in [-0.05, 0) is 97.1 Å². The van der Waals surface area contributed by atoms with E-state index in [1.807, 2.05) is 0 Å². The molecule has 1 heterocycles. The Kier molecular flexibility index (Phi) is 6.47. The van der Waals surface area contributed by atoms with E-state index in [-0.39, 0.29) is 0 Å². The van der Waals surface area contributed by atoms with Crippen molar-refractivity contribution >= 4 is 27.5 Å². The first-order valence-corrected chi connectivity index (χ1v) is 17.3. The van der Waals surface area contributed by atoms with Crippen molar-refractivity contribution in [1.82, 2.24) is 0 Å². The summed E-state index contributed by atoms with van der Waals surface area (Å²) in [5.41, 5.74) is 16.0. The maximum Gasteiger partial charge on any atom is 0.135 e. The molecule has 0 saturated heterocycles. The summed E-state index contributed by atoms with van der Waals surface area (Å²) in [6.07, 6.45) is 9.19. The summed E-state index contributed by atoms with van der Waals surface area (Å²) in [6.45, 7) is 0. The van der Waals surface area contributed by atoms with Gasteiger partial charge in [-0.1, -0.05) is 164 Å². The van der Waals surface area contributed by atoms with Gasteiger partial charge < -0.3 is 4.42 Å². The van der Waals surface area contributed by atoms with Crippen LogP contribution in [0.15, 0.2) is 204 Å². The van der Waals surface area contributed by atoms with Gasteiger partial charge in [-0.2, -0.15) is 0 Å². The van der Waals surface area contributed by atoms with Crippen molar-refractivity contribution in [2.45, 2.75) is 5.41 Å². The van der Waals surface area contributed by atoms with Crippen molar-refractivity contribution < 1.29 is 4.42 Å². The van der Waals surface area contributed by atoms with Crippen LogP contribution in [0.1, 0.15) is 22.3 Å². The number of rotatable bonds is 5. The van der Waals surface area contributed by atoms with Crippen LogP contribution in [-0.2, 0) is 5.41 Å². The predicted octanol–water partition coefficient (Wildman–Crippen LogP) is 12.8. The molecule has 0 amide bonds. The van der Waals surface area contributed by atoms with Crippen LogP contribution in [0.4, 0.5) is 0 Å². The van der Waals surface area contributed by atoms with Gasteiger partial charge in [-0.15, -0.1) is 0 Å². The van der Waals surface area contributed by atoms with Gasteiger partial charge in [0, 0.05) is 10.8 Å². The lowest BCUT2D eigenvalue weighted by Crippen LogP contribution is -2.27. The van der Waals surface area contributed by atoms with E-state index in [1.165, 1.54) is 66.8 Å². The molecule has 8 aromatic rings. The van der Waals surface area contributed by atoms with Gasteiger partial charge in [-0.3, -0.25) is 0 Å². The fourth-order valence-corrected chi connectivity index (χ4v) is 8.39. The van der Waals surface area contributed by atoms with Crippen molar-refractivity contribution in [1.29, 1.82) is 0 Å². The highest BCUT2D eigenvalue weighted by Gasteiger charge is 2.47. The van der Waals surface area contributed by atoms with Crippen LogP contribution >= 0.6 is 0 Å². The second kappa shape index (κ2) is 11.3. The lowest BCUT2D eigenvalue weighted by Gasteiger charge is -2.35. The van der Waals surface area contributed by atoms with Crippen molar-refractivity contribution in [3.05, 3.63) is 222 Å². The van der Waals surface area contributed by atoms with Crippen LogP contribution in [0.3, 0.4) is 0 Å². The molecular formula is C49H32O. The summed E-state index contributed by atoms with van der Waals surface area (Å²) in [5, 5.41) is 2.29. The molecule has 2 aliphatic carbocycles. The second-order valence-electron chi connectivity index (χ2n) is 13.2. The number of benzene rings is 7. The average molecular weight is 637 g/mol. The third-order valence-corrected chi connectivity index (χ3v) is 10.5. The van der Waals surface area contributed by atoms with Crippen LogP contribution in [0.2, 0.25) is 0 Å². The Hall–Kier alpha value is -6.44. The van der Waals surface area contributed by atoms with E-state index in [1.54, 1.807) is 0 Å². The van der Waals surface area contributed by atoms with Gasteiger partial charge in [0.25, 0.3) is 0 Å². The highest BCUT2D eigenvalue weighted by atomic mass is 16.3. The number of para-hydroxylation sites is 1. The Morgan fingerprint density at radius 3 is 1.74 bits per heavy atom. The highest BCUT2D eigenvalue weighted by Crippen LogP contribution is 2.59. The fourth-order valence-electron chi connectivity index (χ4n) is 8.39. The summed E-state index contributed by atoms with van der Waals surface area (Å²) in [4.78, 5) is 0. The van der Waals surface area contributed by atoms with Gasteiger partial charge in [0.1, 0.15) is 11.2 Å². The smallest absolute Gasteiger partial charge is 0.135 e. The van der Waals surface area contributed by atoms with E-state index < -0.39 is 5.41 Å². The molecule has 0 aliphatic heterocycles. The molecular weight excluding hydrogens is 605 g/mol. The van der Waals surface area contributed by atoms with E-state index in [4.69, 9.17) is 4.42 Å². The third kappa shape index (κ3) is 4.27. The maximum absolute atomic E-state index is 6.65. The Bertz CT molecular complexity index is 2610. The summed E-state index contributed by atoms with van der Waals surface area (Å²) in [6, 6.07) is 61.3. The molecule has 0 radical (unpaired) electrons. The number of allylic oxidation sites excluding steroid dienone is 5. The van der Waals surface area contributed by atoms with Crippen LogP contribution in [0.25, 0.3) is 60.9 Å². The van der Waals surface area contributed by atoms with Crippen molar-refractivity contribution in [3.8, 4) is 33.4 Å². The Morgan fingerprint density at radius 2 is 1.02 bits per heavy atom. The Labute approximate surface area is 291 Å². The lowest BCUT2D eigenvalue weighted by molar-refractivity contribution is 0.668. The van der Waals surface area contributed by atoms with Crippen LogP contribution < -0.4 is 0 Å². The van der Waals surface area contributed by atoms with Crippen molar-refractivity contribution in [2.75, 3.05) is 0 Å². The molecule has 1 nitrogen and oxygen atoms in total. The van der Waals surface area contributed by atoms with Crippen molar-refractivity contribution in [2.24, 2.45) is 0 Å². The minimum absolute atomic E-state index is 0.562. The maximum atomic E-state index is 6.65. The molecule has 0 spiro atoms. The van der Waals surface area contributed by atoms with E-state index >= 15 is 0 Å². The molecule has 234 valence electrons. The largest absolute Gasteiger partial charge is 0.456 e. The zero-order chi connectivity index (χ0) is 33.1. The molecule has 1 atom stereocenters. The minimum Gasteiger partial charge on any atom is -0.456 e. The van der Waals surface area contributed by atoms with Gasteiger partial charge in [-0.25, -0.2) is 0 Å². The standard InChI is InChI=1S/C49H32O/c1-4-16-33(17-5-1)36-30-37(34-18-6-2-7-19-34)32-38(31-36)39-27-28-45-47(41-23-11-13-26-44(41)50-45)48(39)49-29-15-14-25-43(49)46(35-20-8-3-9-21-35)40-22-10-12-24-42(40)49/h1-32H. The molecule has 1 unspecified atom stereocenters. The SMILES string of the molecule is C1=CC2=C(c3ccccc3)c3ccccc3C2(c2c(-c3cc(-c4ccccc4)cc(-c4ccccc4)c3)ccc3oc4ccccc4c23)C=C1. The van der Waals surface area contributed by atoms with E-state index in [0.29, 0.717) is 0 Å². The normalized spacial score (nSPS) is 16.2. The average Bonchev–Trinajstić information content (AvgIpc) is 3.72. The molecule has 50 heavy (non-hydrogen) atoms. The fraction of sp³-hybridized carbons (Fsp3) is 0.0204. The summed E-state index contributed by atoms with van der Waals surface area (Å²) < 4.78 is 6.65. The summed E-state index contributed by atoms with van der Waals surface area (Å²) in [5.74, 6) is 0.